The van der Waals surface area contributed by atoms with Crippen LogP contribution in [-0.4, -0.2) is 29.6 Å². The highest BCUT2D eigenvalue weighted by atomic mass is 16.6. The first-order valence-corrected chi connectivity index (χ1v) is 12.2. The van der Waals surface area contributed by atoms with E-state index < -0.39 is 0 Å². The highest BCUT2D eigenvalue weighted by Crippen LogP contribution is 2.76. The molecule has 4 saturated carbocycles. The molecule has 172 valence electrons. The third kappa shape index (κ3) is 2.48. The molecular formula is C26H32O6. The molecule has 9 atom stereocenters. The van der Waals surface area contributed by atoms with E-state index >= 15 is 0 Å². The number of esters is 1. The molecule has 1 spiro atoms. The Morgan fingerprint density at radius 3 is 2.59 bits per heavy atom. The zero-order valence-electron chi connectivity index (χ0n) is 19.1. The van der Waals surface area contributed by atoms with Crippen LogP contribution in [0.3, 0.4) is 0 Å². The highest BCUT2D eigenvalue weighted by Gasteiger charge is 2.84. The molecule has 4 aliphatic carbocycles. The zero-order chi connectivity index (χ0) is 22.5. The molecule has 32 heavy (non-hydrogen) atoms. The molecule has 1 aliphatic heterocycles. The van der Waals surface area contributed by atoms with Gasteiger partial charge in [-0.05, 0) is 79.7 Å². The molecule has 1 aromatic rings. The number of epoxide rings is 1. The lowest BCUT2D eigenvalue weighted by atomic mass is 9.44. The summed E-state index contributed by atoms with van der Waals surface area (Å²) < 4.78 is 17.1. The maximum atomic E-state index is 13.5. The number of fused-ring (bicyclic) bond motifs is 3. The first kappa shape index (κ1) is 20.6. The van der Waals surface area contributed by atoms with Gasteiger partial charge in [-0.2, -0.15) is 0 Å². The predicted molar refractivity (Wildman–Crippen MR) is 115 cm³/mol. The largest absolute Gasteiger partial charge is 0.463 e. The fourth-order valence-corrected chi connectivity index (χ4v) is 8.86. The van der Waals surface area contributed by atoms with Gasteiger partial charge in [0.1, 0.15) is 17.8 Å². The van der Waals surface area contributed by atoms with Crippen molar-refractivity contribution >= 4 is 11.8 Å². The average Bonchev–Trinajstić information content (AvgIpc) is 3.45. The molecule has 2 heterocycles. The van der Waals surface area contributed by atoms with Gasteiger partial charge in [-0.3, -0.25) is 9.59 Å². The minimum atomic E-state index is -0.389. The van der Waals surface area contributed by atoms with Crippen molar-refractivity contribution in [3.8, 4) is 0 Å². The molecular weight excluding hydrogens is 408 g/mol. The monoisotopic (exact) mass is 440 g/mol. The summed E-state index contributed by atoms with van der Waals surface area (Å²) in [5, 5.41) is 0. The molecule has 1 aromatic heterocycles. The first-order valence-electron chi connectivity index (χ1n) is 12.2. The molecule has 0 amide bonds. The molecule has 0 bridgehead atoms. The van der Waals surface area contributed by atoms with E-state index in [4.69, 9.17) is 13.9 Å². The van der Waals surface area contributed by atoms with Crippen LogP contribution in [0.1, 0.15) is 77.2 Å². The van der Waals surface area contributed by atoms with Crippen molar-refractivity contribution in [2.45, 2.75) is 89.4 Å². The SMILES string of the molecule is CC(=O)O[C@H]1CC[C@@]2(C)[C@H](CCC3[C@@H]2CC[C@]2(C)[C@@H](c4ccc(=O)oc4)C(=O)[C@H]4OC342)C1. The van der Waals surface area contributed by atoms with Crippen molar-refractivity contribution in [2.75, 3.05) is 0 Å². The summed E-state index contributed by atoms with van der Waals surface area (Å²) in [5.74, 6) is 1.17. The third-order valence-electron chi connectivity index (χ3n) is 10.3. The van der Waals surface area contributed by atoms with Crippen molar-refractivity contribution in [3.05, 3.63) is 34.4 Å². The number of rotatable bonds is 2. The summed E-state index contributed by atoms with van der Waals surface area (Å²) in [5.41, 5.74) is -0.0257. The number of hydrogen-bond donors (Lipinski definition) is 0. The van der Waals surface area contributed by atoms with E-state index in [1.807, 2.05) is 0 Å². The third-order valence-corrected chi connectivity index (χ3v) is 10.3. The van der Waals surface area contributed by atoms with Gasteiger partial charge >= 0.3 is 11.6 Å². The Kier molecular flexibility index (Phi) is 4.23. The van der Waals surface area contributed by atoms with Crippen molar-refractivity contribution < 1.29 is 23.5 Å². The van der Waals surface area contributed by atoms with Crippen molar-refractivity contribution in [1.29, 1.82) is 0 Å². The Labute approximate surface area is 188 Å². The van der Waals surface area contributed by atoms with Crippen LogP contribution in [0.15, 0.2) is 27.6 Å². The molecule has 0 N–H and O–H groups in total. The van der Waals surface area contributed by atoms with Crippen molar-refractivity contribution in [2.24, 2.45) is 28.6 Å². The number of Topliss-reactive ketones (excluding diaryl/α,β-unsaturated/α-hetero) is 1. The summed E-state index contributed by atoms with van der Waals surface area (Å²) in [4.78, 5) is 36.5. The number of carbonyl (C=O) groups excluding carboxylic acids is 2. The van der Waals surface area contributed by atoms with Gasteiger partial charge in [0, 0.05) is 18.4 Å². The van der Waals surface area contributed by atoms with Crippen LogP contribution in [0.4, 0.5) is 0 Å². The molecule has 6 nitrogen and oxygen atoms in total. The van der Waals surface area contributed by atoms with E-state index in [1.165, 1.54) is 19.3 Å². The van der Waals surface area contributed by atoms with Crippen LogP contribution in [0, 0.1) is 28.6 Å². The van der Waals surface area contributed by atoms with Gasteiger partial charge in [0.25, 0.3) is 0 Å². The van der Waals surface area contributed by atoms with Gasteiger partial charge in [-0.15, -0.1) is 0 Å². The molecule has 5 aliphatic rings. The number of hydrogen-bond acceptors (Lipinski definition) is 6. The molecule has 0 aromatic carbocycles. The smallest absolute Gasteiger partial charge is 0.335 e. The second-order valence-corrected chi connectivity index (χ2v) is 11.5. The Balaban J connectivity index is 1.32. The van der Waals surface area contributed by atoms with Crippen molar-refractivity contribution in [1.82, 2.24) is 0 Å². The Bertz CT molecular complexity index is 1020. The second-order valence-electron chi connectivity index (χ2n) is 11.5. The number of carbonyl (C=O) groups is 2. The van der Waals surface area contributed by atoms with E-state index in [0.717, 1.165) is 50.5 Å². The molecule has 1 saturated heterocycles. The Morgan fingerprint density at radius 2 is 1.88 bits per heavy atom. The lowest BCUT2D eigenvalue weighted by molar-refractivity contribution is -0.163. The molecule has 6 heteroatoms. The summed E-state index contributed by atoms with van der Waals surface area (Å²) in [6.07, 6.45) is 8.34. The maximum Gasteiger partial charge on any atom is 0.335 e. The quantitative estimate of drug-likeness (QED) is 0.510. The fourth-order valence-electron chi connectivity index (χ4n) is 8.86. The Morgan fingerprint density at radius 1 is 1.06 bits per heavy atom. The lowest BCUT2D eigenvalue weighted by Gasteiger charge is -2.60. The minimum absolute atomic E-state index is 0.0456. The van der Waals surface area contributed by atoms with Crippen molar-refractivity contribution in [3.63, 3.8) is 0 Å². The predicted octanol–water partition coefficient (Wildman–Crippen LogP) is 4.01. The summed E-state index contributed by atoms with van der Waals surface area (Å²) in [6, 6.07) is 3.18. The highest BCUT2D eigenvalue weighted by molar-refractivity contribution is 5.98. The van der Waals surface area contributed by atoms with Crippen LogP contribution in [0.2, 0.25) is 0 Å². The van der Waals surface area contributed by atoms with E-state index in [2.05, 4.69) is 13.8 Å². The Hall–Kier alpha value is -1.95. The molecule has 0 radical (unpaired) electrons. The number of ketones is 1. The van der Waals surface area contributed by atoms with Crippen LogP contribution in [0.5, 0.6) is 0 Å². The van der Waals surface area contributed by atoms with Crippen LogP contribution >= 0.6 is 0 Å². The van der Waals surface area contributed by atoms with Crippen LogP contribution in [-0.2, 0) is 19.1 Å². The summed E-state index contributed by atoms with van der Waals surface area (Å²) in [7, 11) is 0. The topological polar surface area (TPSA) is 86.1 Å². The summed E-state index contributed by atoms with van der Waals surface area (Å²) >= 11 is 0. The van der Waals surface area contributed by atoms with Gasteiger partial charge < -0.3 is 13.9 Å². The van der Waals surface area contributed by atoms with E-state index in [0.29, 0.717) is 17.8 Å². The first-order chi connectivity index (χ1) is 15.2. The van der Waals surface area contributed by atoms with Gasteiger partial charge in [0.05, 0.1) is 12.2 Å². The van der Waals surface area contributed by atoms with E-state index in [-0.39, 0.29) is 51.9 Å². The minimum Gasteiger partial charge on any atom is -0.463 e. The summed E-state index contributed by atoms with van der Waals surface area (Å²) in [6.45, 7) is 6.17. The van der Waals surface area contributed by atoms with Gasteiger partial charge in [-0.1, -0.05) is 13.8 Å². The average molecular weight is 441 g/mol. The van der Waals surface area contributed by atoms with Crippen LogP contribution in [0.25, 0.3) is 0 Å². The molecule has 5 fully saturated rings. The van der Waals surface area contributed by atoms with Gasteiger partial charge in [0.15, 0.2) is 5.78 Å². The lowest BCUT2D eigenvalue weighted by Crippen LogP contribution is -2.58. The fraction of sp³-hybridized carbons (Fsp3) is 0.731. The number of ether oxygens (including phenoxy) is 2. The molecule has 6 rings (SSSR count). The molecule has 2 unspecified atom stereocenters. The second kappa shape index (κ2) is 6.55. The van der Waals surface area contributed by atoms with E-state index in [1.54, 1.807) is 6.07 Å². The zero-order valence-corrected chi connectivity index (χ0v) is 19.1. The maximum absolute atomic E-state index is 13.5. The van der Waals surface area contributed by atoms with Gasteiger partial charge in [0.2, 0.25) is 0 Å². The normalized spacial score (nSPS) is 48.8. The van der Waals surface area contributed by atoms with Gasteiger partial charge in [-0.25, -0.2) is 4.79 Å². The van der Waals surface area contributed by atoms with E-state index in [9.17, 15) is 14.4 Å². The standard InChI is InChI=1S/C26H32O6/c1-14(27)31-17-8-10-24(2)16(12-17)5-6-19-18(24)9-11-25(3)21(15-4-7-20(28)30-13-15)22(29)23-26(19,25)32-23/h4,7,13,16-19,21,23H,5-6,8-12H2,1-3H3/t16-,17+,18+,19?,21+,23-,24+,25-,26?/m1/s1. The van der Waals surface area contributed by atoms with Crippen LogP contribution < -0.4 is 5.63 Å².